The average molecular weight is 369 g/mol. The van der Waals surface area contributed by atoms with E-state index in [0.29, 0.717) is 12.2 Å². The third-order valence-corrected chi connectivity index (χ3v) is 5.88. The predicted molar refractivity (Wildman–Crippen MR) is 102 cm³/mol. The lowest BCUT2D eigenvalue weighted by Crippen LogP contribution is -2.44. The first-order valence-electron chi connectivity index (χ1n) is 7.76. The van der Waals surface area contributed by atoms with Crippen LogP contribution in [0.15, 0.2) is 24.3 Å². The van der Waals surface area contributed by atoms with Gasteiger partial charge in [-0.3, -0.25) is 4.79 Å². The minimum atomic E-state index is -0.525. The van der Waals surface area contributed by atoms with Crippen molar-refractivity contribution in [1.82, 2.24) is 4.90 Å². The van der Waals surface area contributed by atoms with E-state index >= 15 is 0 Å². The molecule has 2 atom stereocenters. The lowest BCUT2D eigenvalue weighted by molar-refractivity contribution is -0.152. The number of carbonyl (C=O) groups excluding carboxylic acids is 2. The first kappa shape index (κ1) is 19.0. The van der Waals surface area contributed by atoms with Gasteiger partial charge in [-0.15, -0.1) is 11.8 Å². The number of amides is 1. The van der Waals surface area contributed by atoms with E-state index in [9.17, 15) is 9.59 Å². The maximum Gasteiger partial charge on any atom is 0.328 e. The van der Waals surface area contributed by atoms with Crippen molar-refractivity contribution >= 4 is 41.1 Å². The van der Waals surface area contributed by atoms with Crippen LogP contribution in [0.4, 0.5) is 5.69 Å². The van der Waals surface area contributed by atoms with Crippen molar-refractivity contribution in [3.8, 4) is 0 Å². The zero-order chi connectivity index (χ0) is 17.7. The molecule has 0 aromatic heterocycles. The lowest BCUT2D eigenvalue weighted by atomic mass is 10.1. The minimum absolute atomic E-state index is 0.00168. The van der Waals surface area contributed by atoms with Crippen molar-refractivity contribution in [2.24, 2.45) is 0 Å². The fourth-order valence-electron chi connectivity index (χ4n) is 2.70. The van der Waals surface area contributed by atoms with Crippen molar-refractivity contribution in [2.75, 3.05) is 43.9 Å². The summed E-state index contributed by atoms with van der Waals surface area (Å²) in [6.07, 6.45) is 2.60. The monoisotopic (exact) mass is 368 g/mol. The molecule has 1 fully saturated rings. The highest BCUT2D eigenvalue weighted by atomic mass is 32.2. The van der Waals surface area contributed by atoms with Gasteiger partial charge in [-0.05, 0) is 36.1 Å². The summed E-state index contributed by atoms with van der Waals surface area (Å²) in [6, 6.07) is 7.60. The second-order valence-electron chi connectivity index (χ2n) is 5.77. The highest BCUT2D eigenvalue weighted by Gasteiger charge is 2.41. The minimum Gasteiger partial charge on any atom is -0.467 e. The van der Waals surface area contributed by atoms with Crippen LogP contribution in [0.25, 0.3) is 0 Å². The summed E-state index contributed by atoms with van der Waals surface area (Å²) < 4.78 is 4.95. The average Bonchev–Trinajstić information content (AvgIpc) is 2.96. The molecule has 2 rings (SSSR count). The van der Waals surface area contributed by atoms with Gasteiger partial charge in [0, 0.05) is 19.8 Å². The number of anilines is 1. The number of rotatable bonds is 7. The lowest BCUT2D eigenvalue weighted by Gasteiger charge is -2.31. The number of esters is 1. The van der Waals surface area contributed by atoms with Crippen LogP contribution in [0.2, 0.25) is 0 Å². The summed E-state index contributed by atoms with van der Waals surface area (Å²) in [5.74, 6) is 0.862. The number of nitrogens with zero attached hydrogens (tertiary/aromatic N) is 2. The molecule has 1 saturated heterocycles. The Morgan fingerprint density at radius 3 is 2.62 bits per heavy atom. The molecule has 132 valence electrons. The molecule has 1 aliphatic rings. The molecule has 0 saturated carbocycles. The Morgan fingerprint density at radius 2 is 2.08 bits per heavy atom. The van der Waals surface area contributed by atoms with Crippen molar-refractivity contribution in [3.05, 3.63) is 29.8 Å². The summed E-state index contributed by atoms with van der Waals surface area (Å²) >= 11 is 3.23. The molecule has 1 aliphatic heterocycles. The van der Waals surface area contributed by atoms with Crippen LogP contribution >= 0.6 is 23.5 Å². The van der Waals surface area contributed by atoms with Crippen molar-refractivity contribution in [3.63, 3.8) is 0 Å². The molecule has 0 spiro atoms. The molecule has 1 aromatic carbocycles. The maximum absolute atomic E-state index is 12.4. The van der Waals surface area contributed by atoms with E-state index < -0.39 is 6.04 Å². The Hall–Kier alpha value is -1.34. The van der Waals surface area contributed by atoms with Crippen LogP contribution in [0.1, 0.15) is 17.4 Å². The topological polar surface area (TPSA) is 49.9 Å². The number of methoxy groups -OCH3 is 1. The van der Waals surface area contributed by atoms with Gasteiger partial charge in [-0.2, -0.15) is 11.8 Å². The standard InChI is InChI=1S/C17H24N2O3S2/c1-18(2)13-7-5-12(6-8-13)16-19(15(20)11-24-16)14(9-10-23-4)17(21)22-3/h5-8,14,16H,9-11H2,1-4H3. The highest BCUT2D eigenvalue weighted by molar-refractivity contribution is 8.00. The fraction of sp³-hybridized carbons (Fsp3) is 0.529. The van der Waals surface area contributed by atoms with E-state index in [-0.39, 0.29) is 17.3 Å². The van der Waals surface area contributed by atoms with Crippen LogP contribution in [-0.2, 0) is 14.3 Å². The van der Waals surface area contributed by atoms with Crippen LogP contribution in [-0.4, -0.2) is 61.8 Å². The van der Waals surface area contributed by atoms with E-state index in [1.165, 1.54) is 7.11 Å². The van der Waals surface area contributed by atoms with Gasteiger partial charge >= 0.3 is 5.97 Å². The molecule has 1 amide bonds. The van der Waals surface area contributed by atoms with Gasteiger partial charge in [0.25, 0.3) is 0 Å². The third kappa shape index (κ3) is 4.19. The van der Waals surface area contributed by atoms with Gasteiger partial charge < -0.3 is 14.5 Å². The number of benzene rings is 1. The number of hydrogen-bond donors (Lipinski definition) is 0. The van der Waals surface area contributed by atoms with E-state index in [1.54, 1.807) is 28.4 Å². The van der Waals surface area contributed by atoms with E-state index in [4.69, 9.17) is 4.74 Å². The maximum atomic E-state index is 12.4. The second kappa shape index (κ2) is 8.67. The molecule has 0 bridgehead atoms. The third-order valence-electron chi connectivity index (χ3n) is 4.00. The normalized spacial score (nSPS) is 18.6. The molecule has 1 aromatic rings. The smallest absolute Gasteiger partial charge is 0.328 e. The van der Waals surface area contributed by atoms with Gasteiger partial charge in [0.05, 0.1) is 12.9 Å². The first-order valence-corrected chi connectivity index (χ1v) is 10.2. The number of carbonyl (C=O) groups is 2. The molecule has 0 N–H and O–H groups in total. The van der Waals surface area contributed by atoms with Crippen molar-refractivity contribution in [1.29, 1.82) is 0 Å². The number of thioether (sulfide) groups is 2. The summed E-state index contributed by atoms with van der Waals surface area (Å²) in [5.41, 5.74) is 2.14. The molecule has 0 radical (unpaired) electrons. The zero-order valence-corrected chi connectivity index (χ0v) is 16.2. The summed E-state index contributed by atoms with van der Waals surface area (Å²) in [6.45, 7) is 0. The quantitative estimate of drug-likeness (QED) is 0.690. The van der Waals surface area contributed by atoms with Crippen LogP contribution < -0.4 is 4.90 Å². The Labute approximate surface area is 152 Å². The van der Waals surface area contributed by atoms with Gasteiger partial charge in [0.15, 0.2) is 0 Å². The number of ether oxygens (including phenoxy) is 1. The summed E-state index contributed by atoms with van der Waals surface area (Å²) in [4.78, 5) is 28.4. The Kier molecular flexibility index (Phi) is 6.86. The predicted octanol–water partition coefficient (Wildman–Crippen LogP) is 2.62. The molecular formula is C17H24N2O3S2. The van der Waals surface area contributed by atoms with Crippen LogP contribution in [0.3, 0.4) is 0 Å². The van der Waals surface area contributed by atoms with Gasteiger partial charge in [-0.1, -0.05) is 12.1 Å². The van der Waals surface area contributed by atoms with E-state index in [2.05, 4.69) is 0 Å². The molecule has 2 unspecified atom stereocenters. The van der Waals surface area contributed by atoms with E-state index in [1.807, 2.05) is 49.5 Å². The Bertz CT molecular complexity index is 578. The van der Waals surface area contributed by atoms with Crippen LogP contribution in [0, 0.1) is 0 Å². The SMILES string of the molecule is COC(=O)C(CCSC)N1C(=O)CSC1c1ccc(N(C)C)cc1. The van der Waals surface area contributed by atoms with Crippen molar-refractivity contribution in [2.45, 2.75) is 17.8 Å². The van der Waals surface area contributed by atoms with Gasteiger partial charge in [0.1, 0.15) is 11.4 Å². The summed E-state index contributed by atoms with van der Waals surface area (Å²) in [5, 5.41) is -0.139. The zero-order valence-electron chi connectivity index (χ0n) is 14.5. The Balaban J connectivity index is 2.27. The van der Waals surface area contributed by atoms with E-state index in [0.717, 1.165) is 17.0 Å². The van der Waals surface area contributed by atoms with Gasteiger partial charge in [-0.25, -0.2) is 4.79 Å². The molecule has 1 heterocycles. The fourth-order valence-corrected chi connectivity index (χ4v) is 4.39. The molecular weight excluding hydrogens is 344 g/mol. The van der Waals surface area contributed by atoms with Crippen LogP contribution in [0.5, 0.6) is 0 Å². The molecule has 7 heteroatoms. The molecule has 5 nitrogen and oxygen atoms in total. The number of hydrogen-bond acceptors (Lipinski definition) is 6. The Morgan fingerprint density at radius 1 is 1.42 bits per heavy atom. The molecule has 0 aliphatic carbocycles. The summed E-state index contributed by atoms with van der Waals surface area (Å²) in [7, 11) is 5.36. The van der Waals surface area contributed by atoms with Gasteiger partial charge in [0.2, 0.25) is 5.91 Å². The van der Waals surface area contributed by atoms with Crippen molar-refractivity contribution < 1.29 is 14.3 Å². The largest absolute Gasteiger partial charge is 0.467 e. The highest BCUT2D eigenvalue weighted by Crippen LogP contribution is 2.41. The second-order valence-corrected chi connectivity index (χ2v) is 7.82. The molecule has 24 heavy (non-hydrogen) atoms. The first-order chi connectivity index (χ1) is 11.5.